The molecule has 0 aliphatic rings. The van der Waals surface area contributed by atoms with Crippen LogP contribution in [0.15, 0.2) is 24.3 Å². The van der Waals surface area contributed by atoms with Gasteiger partial charge in [-0.3, -0.25) is 4.79 Å². The third-order valence-electron chi connectivity index (χ3n) is 2.35. The number of amides is 1. The van der Waals surface area contributed by atoms with Gasteiger partial charge in [-0.1, -0.05) is 31.0 Å². The SMILES string of the molecule is CCCC(C#N)NC(=O)c1ccc(C)cc1. The lowest BCUT2D eigenvalue weighted by molar-refractivity contribution is 0.0944. The molecule has 0 aromatic heterocycles. The molecule has 0 saturated carbocycles. The Kier molecular flexibility index (Phi) is 4.53. The van der Waals surface area contributed by atoms with Gasteiger partial charge in [0.1, 0.15) is 6.04 Å². The van der Waals surface area contributed by atoms with Crippen molar-refractivity contribution in [2.75, 3.05) is 0 Å². The van der Waals surface area contributed by atoms with Gasteiger partial charge in [0, 0.05) is 5.56 Å². The summed E-state index contributed by atoms with van der Waals surface area (Å²) in [5, 5.41) is 11.5. The number of rotatable bonds is 4. The summed E-state index contributed by atoms with van der Waals surface area (Å²) in [6.07, 6.45) is 1.57. The van der Waals surface area contributed by atoms with Crippen LogP contribution in [0.4, 0.5) is 0 Å². The minimum Gasteiger partial charge on any atom is -0.336 e. The number of benzene rings is 1. The van der Waals surface area contributed by atoms with Crippen LogP contribution in [0, 0.1) is 18.3 Å². The van der Waals surface area contributed by atoms with Gasteiger partial charge in [-0.15, -0.1) is 0 Å². The summed E-state index contributed by atoms with van der Waals surface area (Å²) in [5.74, 6) is -0.181. The van der Waals surface area contributed by atoms with Crippen molar-refractivity contribution in [3.8, 4) is 6.07 Å². The molecule has 3 heteroatoms. The summed E-state index contributed by atoms with van der Waals surface area (Å²) in [4.78, 5) is 11.7. The van der Waals surface area contributed by atoms with Crippen molar-refractivity contribution in [3.63, 3.8) is 0 Å². The largest absolute Gasteiger partial charge is 0.336 e. The van der Waals surface area contributed by atoms with E-state index in [1.165, 1.54) is 0 Å². The molecule has 1 unspecified atom stereocenters. The maximum atomic E-state index is 11.7. The summed E-state index contributed by atoms with van der Waals surface area (Å²) in [7, 11) is 0. The van der Waals surface area contributed by atoms with Gasteiger partial charge in [-0.25, -0.2) is 0 Å². The van der Waals surface area contributed by atoms with Crippen LogP contribution < -0.4 is 5.32 Å². The van der Waals surface area contributed by atoms with Crippen LogP contribution in [-0.2, 0) is 0 Å². The number of nitrogens with zero attached hydrogens (tertiary/aromatic N) is 1. The van der Waals surface area contributed by atoms with E-state index in [0.717, 1.165) is 12.0 Å². The van der Waals surface area contributed by atoms with Crippen LogP contribution in [0.5, 0.6) is 0 Å². The first-order valence-electron chi connectivity index (χ1n) is 5.44. The van der Waals surface area contributed by atoms with Gasteiger partial charge < -0.3 is 5.32 Å². The van der Waals surface area contributed by atoms with E-state index in [0.29, 0.717) is 12.0 Å². The molecule has 0 spiro atoms. The fourth-order valence-corrected chi connectivity index (χ4v) is 1.40. The molecule has 0 aliphatic heterocycles. The van der Waals surface area contributed by atoms with Gasteiger partial charge in [0.25, 0.3) is 5.91 Å². The third kappa shape index (κ3) is 3.39. The molecule has 1 N–H and O–H groups in total. The Balaban J connectivity index is 2.65. The monoisotopic (exact) mass is 216 g/mol. The lowest BCUT2D eigenvalue weighted by Gasteiger charge is -2.10. The standard InChI is InChI=1S/C13H16N2O/c1-3-4-12(9-14)15-13(16)11-7-5-10(2)6-8-11/h5-8,12H,3-4H2,1-2H3,(H,15,16). The molecule has 0 fully saturated rings. The van der Waals surface area contributed by atoms with E-state index in [1.54, 1.807) is 12.1 Å². The van der Waals surface area contributed by atoms with Gasteiger partial charge in [0.2, 0.25) is 0 Å². The van der Waals surface area contributed by atoms with Gasteiger partial charge in [0.05, 0.1) is 6.07 Å². The molecule has 0 bridgehead atoms. The first-order chi connectivity index (χ1) is 7.67. The lowest BCUT2D eigenvalue weighted by atomic mass is 10.1. The topological polar surface area (TPSA) is 52.9 Å². The van der Waals surface area contributed by atoms with Crippen molar-refractivity contribution in [3.05, 3.63) is 35.4 Å². The van der Waals surface area contributed by atoms with Crippen LogP contribution in [0.25, 0.3) is 0 Å². The molecule has 0 saturated heterocycles. The molecule has 1 atom stereocenters. The van der Waals surface area contributed by atoms with Crippen LogP contribution in [-0.4, -0.2) is 11.9 Å². The zero-order valence-corrected chi connectivity index (χ0v) is 9.66. The van der Waals surface area contributed by atoms with E-state index < -0.39 is 0 Å². The second-order valence-corrected chi connectivity index (χ2v) is 3.81. The molecule has 1 aromatic rings. The van der Waals surface area contributed by atoms with Crippen LogP contribution in [0.1, 0.15) is 35.7 Å². The van der Waals surface area contributed by atoms with Crippen LogP contribution in [0.3, 0.4) is 0 Å². The molecular formula is C13H16N2O. The second-order valence-electron chi connectivity index (χ2n) is 3.81. The highest BCUT2D eigenvalue weighted by Gasteiger charge is 2.11. The highest BCUT2D eigenvalue weighted by atomic mass is 16.1. The van der Waals surface area contributed by atoms with Crippen molar-refractivity contribution >= 4 is 5.91 Å². The van der Waals surface area contributed by atoms with Gasteiger partial charge in [-0.2, -0.15) is 5.26 Å². The maximum Gasteiger partial charge on any atom is 0.252 e. The van der Waals surface area contributed by atoms with Crippen molar-refractivity contribution in [2.45, 2.75) is 32.7 Å². The van der Waals surface area contributed by atoms with Gasteiger partial charge in [0.15, 0.2) is 0 Å². The Morgan fingerprint density at radius 1 is 1.44 bits per heavy atom. The van der Waals surface area contributed by atoms with E-state index >= 15 is 0 Å². The summed E-state index contributed by atoms with van der Waals surface area (Å²) >= 11 is 0. The molecule has 84 valence electrons. The van der Waals surface area contributed by atoms with Crippen molar-refractivity contribution in [2.24, 2.45) is 0 Å². The number of nitrogens with one attached hydrogen (secondary N) is 1. The van der Waals surface area contributed by atoms with Gasteiger partial charge in [-0.05, 0) is 25.5 Å². The minimum absolute atomic E-state index is 0.181. The molecule has 0 heterocycles. The normalized spacial score (nSPS) is 11.6. The zero-order chi connectivity index (χ0) is 12.0. The molecule has 0 radical (unpaired) electrons. The lowest BCUT2D eigenvalue weighted by Crippen LogP contribution is -2.33. The smallest absolute Gasteiger partial charge is 0.252 e. The maximum absolute atomic E-state index is 11.7. The fourth-order valence-electron chi connectivity index (χ4n) is 1.40. The Morgan fingerprint density at radius 2 is 2.06 bits per heavy atom. The summed E-state index contributed by atoms with van der Waals surface area (Å²) in [6.45, 7) is 3.96. The van der Waals surface area contributed by atoms with E-state index in [1.807, 2.05) is 26.0 Å². The number of hydrogen-bond acceptors (Lipinski definition) is 2. The quantitative estimate of drug-likeness (QED) is 0.840. The zero-order valence-electron chi connectivity index (χ0n) is 9.66. The number of aryl methyl sites for hydroxylation is 1. The minimum atomic E-state index is -0.390. The summed E-state index contributed by atoms with van der Waals surface area (Å²) < 4.78 is 0. The van der Waals surface area contributed by atoms with Crippen molar-refractivity contribution in [1.29, 1.82) is 5.26 Å². The fraction of sp³-hybridized carbons (Fsp3) is 0.385. The Bertz CT molecular complexity index is 389. The number of carbonyl (C=O) groups is 1. The summed E-state index contributed by atoms with van der Waals surface area (Å²) in [5.41, 5.74) is 1.71. The highest BCUT2D eigenvalue weighted by molar-refractivity contribution is 5.94. The van der Waals surface area contributed by atoms with Crippen molar-refractivity contribution in [1.82, 2.24) is 5.32 Å². The van der Waals surface area contributed by atoms with Crippen molar-refractivity contribution < 1.29 is 4.79 Å². The summed E-state index contributed by atoms with van der Waals surface area (Å²) in [6, 6.07) is 9.00. The Morgan fingerprint density at radius 3 is 2.56 bits per heavy atom. The highest BCUT2D eigenvalue weighted by Crippen LogP contribution is 2.04. The average molecular weight is 216 g/mol. The molecule has 1 rings (SSSR count). The van der Waals surface area contributed by atoms with Crippen LogP contribution in [0.2, 0.25) is 0 Å². The Hall–Kier alpha value is -1.82. The van der Waals surface area contributed by atoms with E-state index in [-0.39, 0.29) is 11.9 Å². The number of nitriles is 1. The number of hydrogen-bond donors (Lipinski definition) is 1. The first kappa shape index (κ1) is 12.3. The first-order valence-corrected chi connectivity index (χ1v) is 5.44. The molecular weight excluding hydrogens is 200 g/mol. The second kappa shape index (κ2) is 5.92. The third-order valence-corrected chi connectivity index (χ3v) is 2.35. The Labute approximate surface area is 96.1 Å². The van der Waals surface area contributed by atoms with Crippen LogP contribution >= 0.6 is 0 Å². The predicted octanol–water partition coefficient (Wildman–Crippen LogP) is 2.42. The average Bonchev–Trinajstić information content (AvgIpc) is 2.29. The molecule has 3 nitrogen and oxygen atoms in total. The molecule has 16 heavy (non-hydrogen) atoms. The molecule has 1 amide bonds. The number of carbonyl (C=O) groups excluding carboxylic acids is 1. The van der Waals surface area contributed by atoms with E-state index in [4.69, 9.17) is 5.26 Å². The van der Waals surface area contributed by atoms with Gasteiger partial charge >= 0.3 is 0 Å². The van der Waals surface area contributed by atoms with E-state index in [2.05, 4.69) is 11.4 Å². The molecule has 0 aliphatic carbocycles. The predicted molar refractivity (Wildman–Crippen MR) is 63.0 cm³/mol. The molecule has 1 aromatic carbocycles. The van der Waals surface area contributed by atoms with E-state index in [9.17, 15) is 4.79 Å².